The van der Waals surface area contributed by atoms with E-state index in [1.165, 1.54) is 5.56 Å². The number of aromatic nitrogens is 2. The molecule has 0 radical (unpaired) electrons. The molecule has 2 aromatic heterocycles. The van der Waals surface area contributed by atoms with Crippen LogP contribution in [0.1, 0.15) is 40.2 Å². The highest BCUT2D eigenvalue weighted by Crippen LogP contribution is 2.36. The lowest BCUT2D eigenvalue weighted by molar-refractivity contribution is 0.0240. The number of anilines is 1. The van der Waals surface area contributed by atoms with Crippen LogP contribution in [-0.2, 0) is 4.74 Å². The lowest BCUT2D eigenvalue weighted by Gasteiger charge is -2.37. The first-order valence-corrected chi connectivity index (χ1v) is 15.2. The predicted molar refractivity (Wildman–Crippen MR) is 155 cm³/mol. The first-order valence-electron chi connectivity index (χ1n) is 11.9. The maximum atomic E-state index is 12.4. The van der Waals surface area contributed by atoms with Crippen LogP contribution in [0.15, 0.2) is 36.7 Å². The van der Waals surface area contributed by atoms with Crippen molar-refractivity contribution in [1.82, 2.24) is 13.9 Å². The first-order chi connectivity index (χ1) is 16.7. The quantitative estimate of drug-likeness (QED) is 0.298. The lowest BCUT2D eigenvalue weighted by atomic mass is 10.0. The molecule has 1 amide bonds. The highest BCUT2D eigenvalue weighted by molar-refractivity contribution is 14.2. The molecular formula is C26H35IN4O3S. The molecule has 0 spiro atoms. The number of benzene rings is 1. The van der Waals surface area contributed by atoms with Gasteiger partial charge in [-0.2, -0.15) is 0 Å². The third-order valence-electron chi connectivity index (χ3n) is 5.68. The molecule has 0 saturated carbocycles. The van der Waals surface area contributed by atoms with Crippen LogP contribution in [0.3, 0.4) is 0 Å². The monoisotopic (exact) mass is 610 g/mol. The van der Waals surface area contributed by atoms with E-state index in [2.05, 4.69) is 67.5 Å². The maximum absolute atomic E-state index is 12.4. The van der Waals surface area contributed by atoms with Gasteiger partial charge in [0.05, 0.1) is 7.11 Å². The Morgan fingerprint density at radius 1 is 1.11 bits per heavy atom. The third kappa shape index (κ3) is 6.35. The normalized spacial score (nSPS) is 13.9. The van der Waals surface area contributed by atoms with Crippen molar-refractivity contribution in [2.24, 2.45) is 0 Å². The van der Waals surface area contributed by atoms with E-state index >= 15 is 0 Å². The number of hydrogen-bond acceptors (Lipinski definition) is 6. The molecule has 4 rings (SSSR count). The minimum Gasteiger partial charge on any atom is -0.496 e. The molecule has 0 bridgehead atoms. The van der Waals surface area contributed by atoms with Gasteiger partial charge in [-0.3, -0.25) is 3.97 Å². The van der Waals surface area contributed by atoms with Crippen molar-refractivity contribution in [1.29, 1.82) is 0 Å². The summed E-state index contributed by atoms with van der Waals surface area (Å²) in [7, 11) is 3.31. The van der Waals surface area contributed by atoms with Crippen LogP contribution in [0.5, 0.6) is 5.75 Å². The van der Waals surface area contributed by atoms with E-state index in [4.69, 9.17) is 14.5 Å². The Morgan fingerprint density at radius 3 is 2.40 bits per heavy atom. The average molecular weight is 611 g/mol. The Labute approximate surface area is 224 Å². The van der Waals surface area contributed by atoms with Crippen LogP contribution in [0.2, 0.25) is 0 Å². The van der Waals surface area contributed by atoms with Crippen molar-refractivity contribution in [2.75, 3.05) is 38.2 Å². The van der Waals surface area contributed by atoms with Crippen molar-refractivity contribution in [3.8, 4) is 16.9 Å². The number of ether oxygens (including phenoxy) is 2. The van der Waals surface area contributed by atoms with Crippen LogP contribution in [0, 0.1) is 6.92 Å². The zero-order valence-electron chi connectivity index (χ0n) is 21.6. The van der Waals surface area contributed by atoms with Gasteiger partial charge in [0.15, 0.2) is 5.65 Å². The number of rotatable bonds is 4. The second-order valence-electron chi connectivity index (χ2n) is 9.14. The third-order valence-corrected chi connectivity index (χ3v) is 7.38. The number of amides is 1. The predicted octanol–water partition coefficient (Wildman–Crippen LogP) is 6.95. The molecule has 1 saturated heterocycles. The van der Waals surface area contributed by atoms with Crippen LogP contribution in [-0.4, -0.2) is 58.8 Å². The van der Waals surface area contributed by atoms with E-state index in [0.717, 1.165) is 46.7 Å². The minimum absolute atomic E-state index is 0.247. The standard InChI is InChI=1S/C24H29IN4O3S.C2H6/c1-16-15-29(33-25)22-20(16)12-17(14-26-22)19-7-6-18(13-21(19)31-5)27-8-10-28(11-9-27)23(30)32-24(2,3)4;1-2/h6-7,12-15H,8-11H2,1-5H3;1-2H3. The summed E-state index contributed by atoms with van der Waals surface area (Å²) >= 11 is 2.27. The smallest absolute Gasteiger partial charge is 0.410 e. The fraction of sp³-hybridized carbons (Fsp3) is 0.462. The van der Waals surface area contributed by atoms with Gasteiger partial charge in [-0.25, -0.2) is 9.78 Å². The van der Waals surface area contributed by atoms with Gasteiger partial charge in [-0.15, -0.1) is 0 Å². The Kier molecular flexibility index (Phi) is 9.20. The zero-order valence-corrected chi connectivity index (χ0v) is 24.6. The Balaban J connectivity index is 0.00000167. The SMILES string of the molecule is CC.COc1cc(N2CCN(C(=O)OC(C)(C)C)CC2)ccc1-c1cnc2c(c1)c(C)cn2SI. The van der Waals surface area contributed by atoms with E-state index in [9.17, 15) is 4.79 Å². The van der Waals surface area contributed by atoms with Gasteiger partial charge in [-0.1, -0.05) is 13.8 Å². The number of hydrogen-bond donors (Lipinski definition) is 0. The van der Waals surface area contributed by atoms with E-state index in [-0.39, 0.29) is 6.09 Å². The molecule has 3 heterocycles. The van der Waals surface area contributed by atoms with Gasteiger partial charge < -0.3 is 19.3 Å². The van der Waals surface area contributed by atoms with E-state index < -0.39 is 5.60 Å². The van der Waals surface area contributed by atoms with Crippen molar-refractivity contribution in [2.45, 2.75) is 47.1 Å². The summed E-state index contributed by atoms with van der Waals surface area (Å²) in [5, 5.41) is 1.14. The number of methoxy groups -OCH3 is 1. The van der Waals surface area contributed by atoms with E-state index in [1.807, 2.05) is 40.8 Å². The summed E-state index contributed by atoms with van der Waals surface area (Å²) < 4.78 is 13.3. The summed E-state index contributed by atoms with van der Waals surface area (Å²) in [6, 6.07) is 8.46. The van der Waals surface area contributed by atoms with E-state index in [0.29, 0.717) is 13.1 Å². The van der Waals surface area contributed by atoms with Crippen LogP contribution >= 0.6 is 30.3 Å². The Bertz CT molecular complexity index is 1170. The second kappa shape index (κ2) is 11.7. The molecule has 1 aromatic carbocycles. The first kappa shape index (κ1) is 27.4. The zero-order chi connectivity index (χ0) is 25.8. The molecule has 0 N–H and O–H groups in total. The molecule has 3 aromatic rings. The molecule has 9 heteroatoms. The van der Waals surface area contributed by atoms with Crippen molar-refractivity contribution in [3.63, 3.8) is 0 Å². The van der Waals surface area contributed by atoms with E-state index in [1.54, 1.807) is 21.1 Å². The second-order valence-corrected chi connectivity index (χ2v) is 10.9. The molecule has 0 aliphatic carbocycles. The number of halogens is 1. The average Bonchev–Trinajstić information content (AvgIpc) is 3.19. The van der Waals surface area contributed by atoms with Gasteiger partial charge in [-0.05, 0) is 51.5 Å². The van der Waals surface area contributed by atoms with Crippen LogP contribution < -0.4 is 9.64 Å². The molecule has 0 atom stereocenters. The molecule has 7 nitrogen and oxygen atoms in total. The Hall–Kier alpha value is -2.14. The molecule has 35 heavy (non-hydrogen) atoms. The number of nitrogens with zero attached hydrogens (tertiary/aromatic N) is 4. The summed E-state index contributed by atoms with van der Waals surface area (Å²) in [5.74, 6) is 0.809. The van der Waals surface area contributed by atoms with Gasteiger partial charge in [0.1, 0.15) is 11.4 Å². The minimum atomic E-state index is -0.481. The maximum Gasteiger partial charge on any atom is 0.410 e. The highest BCUT2D eigenvalue weighted by Gasteiger charge is 2.26. The van der Waals surface area contributed by atoms with Gasteiger partial charge in [0, 0.05) is 97.2 Å². The topological polar surface area (TPSA) is 59.8 Å². The Morgan fingerprint density at radius 2 is 1.80 bits per heavy atom. The number of pyridine rings is 1. The summed E-state index contributed by atoms with van der Waals surface area (Å²) in [4.78, 5) is 21.1. The summed E-state index contributed by atoms with van der Waals surface area (Å²) in [6.07, 6.45) is 3.76. The van der Waals surface area contributed by atoms with Gasteiger partial charge in [0.2, 0.25) is 0 Å². The summed E-state index contributed by atoms with van der Waals surface area (Å²) in [5.41, 5.74) is 4.80. The summed E-state index contributed by atoms with van der Waals surface area (Å²) in [6.45, 7) is 14.5. The number of carbonyl (C=O) groups excluding carboxylic acids is 1. The number of aryl methyl sites for hydroxylation is 1. The lowest BCUT2D eigenvalue weighted by Crippen LogP contribution is -2.50. The molecule has 0 unspecified atom stereocenters. The molecule has 190 valence electrons. The van der Waals surface area contributed by atoms with Crippen molar-refractivity contribution >= 4 is 53.1 Å². The number of fused-ring (bicyclic) bond motifs is 1. The highest BCUT2D eigenvalue weighted by atomic mass is 127. The number of piperazine rings is 1. The van der Waals surface area contributed by atoms with Crippen LogP contribution in [0.25, 0.3) is 22.2 Å². The largest absolute Gasteiger partial charge is 0.496 e. The van der Waals surface area contributed by atoms with Crippen molar-refractivity contribution in [3.05, 3.63) is 42.2 Å². The van der Waals surface area contributed by atoms with Gasteiger partial charge in [0.25, 0.3) is 0 Å². The molecule has 1 fully saturated rings. The molecule has 1 aliphatic heterocycles. The van der Waals surface area contributed by atoms with Crippen molar-refractivity contribution < 1.29 is 14.3 Å². The fourth-order valence-electron chi connectivity index (χ4n) is 4.02. The molecular weight excluding hydrogens is 575 g/mol. The number of carbonyl (C=O) groups is 1. The van der Waals surface area contributed by atoms with Crippen LogP contribution in [0.4, 0.5) is 10.5 Å². The molecule has 1 aliphatic rings. The fourth-order valence-corrected chi connectivity index (χ4v) is 5.33. The van der Waals surface area contributed by atoms with Gasteiger partial charge >= 0.3 is 6.09 Å².